The van der Waals surface area contributed by atoms with Gasteiger partial charge in [0.25, 0.3) is 0 Å². The van der Waals surface area contributed by atoms with Gasteiger partial charge in [-0.05, 0) is 33.6 Å². The van der Waals surface area contributed by atoms with Gasteiger partial charge in [0.2, 0.25) is 10.0 Å². The summed E-state index contributed by atoms with van der Waals surface area (Å²) in [7, 11) is -3.61. The first kappa shape index (κ1) is 15.0. The minimum atomic E-state index is -3.61. The predicted molar refractivity (Wildman–Crippen MR) is 71.8 cm³/mol. The molecule has 0 unspecified atom stereocenters. The number of hydrogen-bond donors (Lipinski definition) is 2. The molecule has 0 atom stereocenters. The summed E-state index contributed by atoms with van der Waals surface area (Å²) < 4.78 is 26.5. The van der Waals surface area contributed by atoms with Crippen molar-refractivity contribution in [3.63, 3.8) is 0 Å². The van der Waals surface area contributed by atoms with Crippen LogP contribution in [0.3, 0.4) is 0 Å². The van der Waals surface area contributed by atoms with Crippen LogP contribution in [0.15, 0.2) is 4.90 Å². The van der Waals surface area contributed by atoms with E-state index in [0.29, 0.717) is 24.2 Å². The zero-order valence-corrected chi connectivity index (χ0v) is 12.6. The molecule has 1 fully saturated rings. The second-order valence-electron chi connectivity index (χ2n) is 5.53. The number of piperidine rings is 1. The number of nitrogens with one attached hydrogen (secondary N) is 1. The average Bonchev–Trinajstić information content (AvgIpc) is 2.70. The Balaban J connectivity index is 2.25. The van der Waals surface area contributed by atoms with Crippen LogP contribution in [0.5, 0.6) is 0 Å². The van der Waals surface area contributed by atoms with Gasteiger partial charge in [-0.15, -0.1) is 0 Å². The zero-order valence-electron chi connectivity index (χ0n) is 11.8. The van der Waals surface area contributed by atoms with E-state index in [-0.39, 0.29) is 18.0 Å². The maximum Gasteiger partial charge on any atom is 0.309 e. The van der Waals surface area contributed by atoms with Crippen LogP contribution in [-0.4, -0.2) is 47.1 Å². The Labute approximate surface area is 118 Å². The van der Waals surface area contributed by atoms with E-state index in [1.807, 2.05) is 0 Å². The van der Waals surface area contributed by atoms with Gasteiger partial charge in [0.15, 0.2) is 0 Å². The molecular formula is C12H19N3O4S. The molecule has 1 saturated heterocycles. The topological polar surface area (TPSA) is 103 Å². The lowest BCUT2D eigenvalue weighted by Crippen LogP contribution is -2.45. The highest BCUT2D eigenvalue weighted by molar-refractivity contribution is 7.89. The molecule has 0 bridgehead atoms. The second-order valence-corrected chi connectivity index (χ2v) is 7.41. The highest BCUT2D eigenvalue weighted by atomic mass is 32.2. The molecule has 0 aromatic carbocycles. The van der Waals surface area contributed by atoms with Crippen molar-refractivity contribution in [3.05, 3.63) is 11.4 Å². The Morgan fingerprint density at radius 3 is 2.30 bits per heavy atom. The maximum atomic E-state index is 12.6. The molecule has 1 aromatic rings. The van der Waals surface area contributed by atoms with Gasteiger partial charge in [0, 0.05) is 13.1 Å². The summed E-state index contributed by atoms with van der Waals surface area (Å²) in [6, 6.07) is 0. The van der Waals surface area contributed by atoms with Crippen LogP contribution >= 0.6 is 0 Å². The molecule has 0 spiro atoms. The third-order valence-electron chi connectivity index (χ3n) is 4.00. The normalized spacial score (nSPS) is 19.9. The number of aromatic amines is 1. The first-order chi connectivity index (χ1) is 9.18. The summed E-state index contributed by atoms with van der Waals surface area (Å²) in [6.07, 6.45) is 0.634. The minimum Gasteiger partial charge on any atom is -0.481 e. The number of sulfonamides is 1. The van der Waals surface area contributed by atoms with Crippen molar-refractivity contribution in [2.75, 3.05) is 13.1 Å². The molecule has 8 heteroatoms. The first-order valence-corrected chi connectivity index (χ1v) is 7.87. The quantitative estimate of drug-likeness (QED) is 0.863. The summed E-state index contributed by atoms with van der Waals surface area (Å²) in [5, 5.41) is 15.8. The summed E-state index contributed by atoms with van der Waals surface area (Å²) >= 11 is 0. The van der Waals surface area contributed by atoms with Gasteiger partial charge < -0.3 is 5.11 Å². The van der Waals surface area contributed by atoms with Gasteiger partial charge in [-0.1, -0.05) is 0 Å². The predicted octanol–water partition coefficient (Wildman–Crippen LogP) is 0.902. The second kappa shape index (κ2) is 4.85. The standard InChI is InChI=1S/C12H19N3O4S/c1-8-10(9(2)14-13-8)20(18,19)15-6-4-12(3,5-7-15)11(16)17/h4-7H2,1-3H3,(H,13,14)(H,16,17). The van der Waals surface area contributed by atoms with Crippen LogP contribution in [0.2, 0.25) is 0 Å². The molecule has 0 saturated carbocycles. The van der Waals surface area contributed by atoms with E-state index in [4.69, 9.17) is 0 Å². The van der Waals surface area contributed by atoms with Gasteiger partial charge in [-0.25, -0.2) is 8.42 Å². The molecule has 2 rings (SSSR count). The number of rotatable bonds is 3. The highest BCUT2D eigenvalue weighted by Gasteiger charge is 2.41. The number of aromatic nitrogens is 2. The smallest absolute Gasteiger partial charge is 0.309 e. The molecule has 0 aliphatic carbocycles. The van der Waals surface area contributed by atoms with E-state index in [1.54, 1.807) is 20.8 Å². The van der Waals surface area contributed by atoms with E-state index in [0.717, 1.165) is 0 Å². The number of aryl methyl sites for hydroxylation is 2. The van der Waals surface area contributed by atoms with Gasteiger partial charge in [-0.2, -0.15) is 9.40 Å². The fourth-order valence-corrected chi connectivity index (χ4v) is 4.26. The molecule has 2 heterocycles. The number of H-pyrrole nitrogens is 1. The number of hydrogen-bond acceptors (Lipinski definition) is 4. The first-order valence-electron chi connectivity index (χ1n) is 6.43. The lowest BCUT2D eigenvalue weighted by Gasteiger charge is -2.35. The lowest BCUT2D eigenvalue weighted by molar-refractivity contribution is -0.150. The molecule has 112 valence electrons. The van der Waals surface area contributed by atoms with E-state index in [9.17, 15) is 18.3 Å². The monoisotopic (exact) mass is 301 g/mol. The molecule has 1 aliphatic heterocycles. The Morgan fingerprint density at radius 2 is 1.90 bits per heavy atom. The van der Waals surface area contributed by atoms with Crippen LogP contribution in [0.1, 0.15) is 31.2 Å². The summed E-state index contributed by atoms with van der Waals surface area (Å²) in [6.45, 7) is 5.40. The van der Waals surface area contributed by atoms with Gasteiger partial charge in [0.05, 0.1) is 16.8 Å². The van der Waals surface area contributed by atoms with Crippen LogP contribution in [-0.2, 0) is 14.8 Å². The van der Waals surface area contributed by atoms with E-state index in [2.05, 4.69) is 10.2 Å². The average molecular weight is 301 g/mol. The molecule has 7 nitrogen and oxygen atoms in total. The summed E-state index contributed by atoms with van der Waals surface area (Å²) in [5.74, 6) is -0.870. The summed E-state index contributed by atoms with van der Waals surface area (Å²) in [5.41, 5.74) is 0.107. The van der Waals surface area contributed by atoms with Crippen molar-refractivity contribution in [3.8, 4) is 0 Å². The van der Waals surface area contributed by atoms with Gasteiger partial charge in [0.1, 0.15) is 4.90 Å². The molecule has 1 aromatic heterocycles. The van der Waals surface area contributed by atoms with Gasteiger partial charge in [-0.3, -0.25) is 9.89 Å². The van der Waals surface area contributed by atoms with E-state index < -0.39 is 21.4 Å². The highest BCUT2D eigenvalue weighted by Crippen LogP contribution is 2.34. The number of carboxylic acids is 1. The van der Waals surface area contributed by atoms with Gasteiger partial charge >= 0.3 is 5.97 Å². The summed E-state index contributed by atoms with van der Waals surface area (Å²) in [4.78, 5) is 11.4. The largest absolute Gasteiger partial charge is 0.481 e. The minimum absolute atomic E-state index is 0.205. The number of nitrogens with zero attached hydrogens (tertiary/aromatic N) is 2. The Kier molecular flexibility index (Phi) is 3.64. The van der Waals surface area contributed by atoms with Crippen LogP contribution in [0, 0.1) is 19.3 Å². The SMILES string of the molecule is Cc1n[nH]c(C)c1S(=O)(=O)N1CCC(C)(C(=O)O)CC1. The molecule has 0 amide bonds. The number of aliphatic carboxylic acids is 1. The van der Waals surface area contributed by atoms with Crippen molar-refractivity contribution in [2.24, 2.45) is 5.41 Å². The zero-order chi connectivity index (χ0) is 15.1. The van der Waals surface area contributed by atoms with E-state index in [1.165, 1.54) is 4.31 Å². The molecule has 20 heavy (non-hydrogen) atoms. The van der Waals surface area contributed by atoms with Crippen molar-refractivity contribution in [1.29, 1.82) is 0 Å². The Hall–Kier alpha value is -1.41. The van der Waals surface area contributed by atoms with Crippen LogP contribution in [0.4, 0.5) is 0 Å². The van der Waals surface area contributed by atoms with Crippen LogP contribution < -0.4 is 0 Å². The number of carbonyl (C=O) groups is 1. The molecule has 1 aliphatic rings. The fourth-order valence-electron chi connectivity index (χ4n) is 2.48. The van der Waals surface area contributed by atoms with E-state index >= 15 is 0 Å². The third kappa shape index (κ3) is 2.33. The van der Waals surface area contributed by atoms with Crippen molar-refractivity contribution >= 4 is 16.0 Å². The molecular weight excluding hydrogens is 282 g/mol. The Bertz CT molecular complexity index is 608. The maximum absolute atomic E-state index is 12.6. The van der Waals surface area contributed by atoms with Crippen LogP contribution in [0.25, 0.3) is 0 Å². The molecule has 2 N–H and O–H groups in total. The molecule has 0 radical (unpaired) electrons. The Morgan fingerprint density at radius 1 is 1.35 bits per heavy atom. The van der Waals surface area contributed by atoms with Crippen molar-refractivity contribution in [2.45, 2.75) is 38.5 Å². The number of carboxylic acid groups (broad SMARTS) is 1. The fraction of sp³-hybridized carbons (Fsp3) is 0.667. The third-order valence-corrected chi connectivity index (χ3v) is 6.16. The van der Waals surface area contributed by atoms with Crippen molar-refractivity contribution in [1.82, 2.24) is 14.5 Å². The lowest BCUT2D eigenvalue weighted by atomic mass is 9.81. The van der Waals surface area contributed by atoms with Crippen molar-refractivity contribution < 1.29 is 18.3 Å².